The lowest BCUT2D eigenvalue weighted by Gasteiger charge is -2.24. The number of hydrogen-bond acceptors (Lipinski definition) is 4. The van der Waals surface area contributed by atoms with E-state index in [1.165, 1.54) is 0 Å². The average Bonchev–Trinajstić information content (AvgIpc) is 2.78. The summed E-state index contributed by atoms with van der Waals surface area (Å²) in [5, 5.41) is 8.94. The summed E-state index contributed by atoms with van der Waals surface area (Å²) in [6.45, 7) is 9.01. The van der Waals surface area contributed by atoms with Gasteiger partial charge >= 0.3 is 0 Å². The Morgan fingerprint density at radius 3 is 2.67 bits per heavy atom. The zero-order chi connectivity index (χ0) is 16.1. The van der Waals surface area contributed by atoms with Crippen LogP contribution in [0, 0.1) is 12.3 Å². The Labute approximate surface area is 127 Å². The lowest BCUT2D eigenvalue weighted by Crippen LogP contribution is -2.34. The first-order valence-corrected chi connectivity index (χ1v) is 8.84. The first kappa shape index (κ1) is 18.1. The van der Waals surface area contributed by atoms with Gasteiger partial charge in [-0.25, -0.2) is 18.1 Å². The number of hydrogen-bond donors (Lipinski definition) is 2. The van der Waals surface area contributed by atoms with Crippen LogP contribution in [-0.4, -0.2) is 36.2 Å². The molecule has 1 heterocycles. The molecule has 0 unspecified atom stereocenters. The first-order chi connectivity index (χ1) is 9.72. The van der Waals surface area contributed by atoms with Crippen LogP contribution in [0.4, 0.5) is 0 Å². The number of aliphatic hydroxyl groups is 1. The summed E-state index contributed by atoms with van der Waals surface area (Å²) in [6.07, 6.45) is 3.94. The largest absolute Gasteiger partial charge is 0.396 e. The monoisotopic (exact) mass is 317 g/mol. The highest BCUT2D eigenvalue weighted by molar-refractivity contribution is 7.89. The number of sulfonamides is 1. The summed E-state index contributed by atoms with van der Waals surface area (Å²) in [6, 6.07) is 0. The van der Waals surface area contributed by atoms with Gasteiger partial charge in [0.15, 0.2) is 5.03 Å². The second kappa shape index (κ2) is 7.38. The smallest absolute Gasteiger partial charge is 0.259 e. The molecular weight excluding hydrogens is 290 g/mol. The van der Waals surface area contributed by atoms with Gasteiger partial charge in [0.1, 0.15) is 5.82 Å². The van der Waals surface area contributed by atoms with E-state index >= 15 is 0 Å². The van der Waals surface area contributed by atoms with Crippen molar-refractivity contribution in [2.45, 2.75) is 58.5 Å². The normalized spacial score (nSPS) is 12.8. The fourth-order valence-corrected chi connectivity index (χ4v) is 3.33. The van der Waals surface area contributed by atoms with Crippen LogP contribution in [-0.2, 0) is 16.6 Å². The third-order valence-corrected chi connectivity index (χ3v) is 4.72. The van der Waals surface area contributed by atoms with E-state index in [9.17, 15) is 8.42 Å². The van der Waals surface area contributed by atoms with Crippen LogP contribution in [0.1, 0.15) is 45.9 Å². The Morgan fingerprint density at radius 2 is 2.10 bits per heavy atom. The van der Waals surface area contributed by atoms with E-state index in [0.29, 0.717) is 18.8 Å². The minimum Gasteiger partial charge on any atom is -0.396 e. The van der Waals surface area contributed by atoms with E-state index in [4.69, 9.17) is 5.11 Å². The SMILES string of the molecule is CCCn1cc(S(=O)(=O)NCC(C)(C)CCCO)nc1C. The third kappa shape index (κ3) is 5.41. The first-order valence-electron chi connectivity index (χ1n) is 7.36. The molecule has 6 nitrogen and oxygen atoms in total. The molecule has 0 aromatic carbocycles. The lowest BCUT2D eigenvalue weighted by molar-refractivity contribution is 0.242. The molecule has 0 aliphatic rings. The Bertz CT molecular complexity index is 550. The van der Waals surface area contributed by atoms with Crippen molar-refractivity contribution in [2.75, 3.05) is 13.2 Å². The zero-order valence-electron chi connectivity index (χ0n) is 13.4. The van der Waals surface area contributed by atoms with Crippen LogP contribution in [0.3, 0.4) is 0 Å². The summed E-state index contributed by atoms with van der Waals surface area (Å²) in [5.41, 5.74) is -0.198. The Balaban J connectivity index is 2.75. The van der Waals surface area contributed by atoms with Crippen LogP contribution in [0.25, 0.3) is 0 Å². The number of aliphatic hydroxyl groups excluding tert-OH is 1. The molecule has 0 amide bonds. The maximum atomic E-state index is 12.3. The summed E-state index contributed by atoms with van der Waals surface area (Å²) in [7, 11) is -3.58. The van der Waals surface area contributed by atoms with Gasteiger partial charge in [-0.1, -0.05) is 20.8 Å². The van der Waals surface area contributed by atoms with E-state index in [-0.39, 0.29) is 17.0 Å². The van der Waals surface area contributed by atoms with Crippen molar-refractivity contribution in [3.8, 4) is 0 Å². The lowest BCUT2D eigenvalue weighted by atomic mass is 9.88. The maximum Gasteiger partial charge on any atom is 0.259 e. The molecule has 0 saturated carbocycles. The quantitative estimate of drug-likeness (QED) is 0.726. The fraction of sp³-hybridized carbons (Fsp3) is 0.786. The zero-order valence-corrected chi connectivity index (χ0v) is 14.2. The highest BCUT2D eigenvalue weighted by Crippen LogP contribution is 2.21. The minimum absolute atomic E-state index is 0.0754. The predicted molar refractivity (Wildman–Crippen MR) is 82.5 cm³/mol. The van der Waals surface area contributed by atoms with Crippen LogP contribution in [0.2, 0.25) is 0 Å². The summed E-state index contributed by atoms with van der Waals surface area (Å²) in [4.78, 5) is 4.14. The highest BCUT2D eigenvalue weighted by atomic mass is 32.2. The molecular formula is C14H27N3O3S. The van der Waals surface area contributed by atoms with Gasteiger partial charge in [0.05, 0.1) is 0 Å². The molecule has 1 aromatic heterocycles. The summed E-state index contributed by atoms with van der Waals surface area (Å²) in [5.74, 6) is 0.705. The number of nitrogens with one attached hydrogen (secondary N) is 1. The average molecular weight is 317 g/mol. The molecule has 1 rings (SSSR count). The second-order valence-electron chi connectivity index (χ2n) is 6.14. The van der Waals surface area contributed by atoms with Crippen molar-refractivity contribution >= 4 is 10.0 Å². The minimum atomic E-state index is -3.58. The standard InChI is InChI=1S/C14H27N3O3S/c1-5-8-17-10-13(16-12(17)2)21(19,20)15-11-14(3,4)7-6-9-18/h10,15,18H,5-9,11H2,1-4H3. The number of nitrogens with zero attached hydrogens (tertiary/aromatic N) is 2. The molecule has 1 aromatic rings. The van der Waals surface area contributed by atoms with Gasteiger partial charge in [0, 0.05) is 25.9 Å². The van der Waals surface area contributed by atoms with Crippen molar-refractivity contribution in [1.82, 2.24) is 14.3 Å². The van der Waals surface area contributed by atoms with E-state index in [2.05, 4.69) is 9.71 Å². The predicted octanol–water partition coefficient (Wildman–Crippen LogP) is 1.68. The van der Waals surface area contributed by atoms with Crippen molar-refractivity contribution < 1.29 is 13.5 Å². The fourth-order valence-electron chi connectivity index (χ4n) is 2.09. The van der Waals surface area contributed by atoms with Crippen molar-refractivity contribution in [3.63, 3.8) is 0 Å². The van der Waals surface area contributed by atoms with Crippen molar-refractivity contribution in [3.05, 3.63) is 12.0 Å². The Kier molecular flexibility index (Phi) is 6.37. The van der Waals surface area contributed by atoms with Gasteiger partial charge in [-0.05, 0) is 31.6 Å². The molecule has 0 aliphatic carbocycles. The Morgan fingerprint density at radius 1 is 1.43 bits per heavy atom. The van der Waals surface area contributed by atoms with Crippen LogP contribution >= 0.6 is 0 Å². The van der Waals surface area contributed by atoms with E-state index in [1.54, 1.807) is 13.1 Å². The number of rotatable bonds is 9. The Hall–Kier alpha value is -0.920. The molecule has 0 saturated heterocycles. The number of imidazole rings is 1. The molecule has 0 bridgehead atoms. The van der Waals surface area contributed by atoms with Crippen LogP contribution in [0.15, 0.2) is 11.2 Å². The van der Waals surface area contributed by atoms with Gasteiger partial charge in [0.2, 0.25) is 0 Å². The summed E-state index contributed by atoms with van der Waals surface area (Å²) < 4.78 is 29.0. The summed E-state index contributed by atoms with van der Waals surface area (Å²) >= 11 is 0. The van der Waals surface area contributed by atoms with E-state index < -0.39 is 10.0 Å². The van der Waals surface area contributed by atoms with Crippen LogP contribution < -0.4 is 4.72 Å². The second-order valence-corrected chi connectivity index (χ2v) is 7.85. The molecule has 0 spiro atoms. The topological polar surface area (TPSA) is 84.2 Å². The van der Waals surface area contributed by atoms with Crippen molar-refractivity contribution in [1.29, 1.82) is 0 Å². The molecule has 0 radical (unpaired) electrons. The van der Waals surface area contributed by atoms with E-state index in [1.807, 2.05) is 25.3 Å². The van der Waals surface area contributed by atoms with Gasteiger partial charge in [-0.3, -0.25) is 0 Å². The van der Waals surface area contributed by atoms with E-state index in [0.717, 1.165) is 19.4 Å². The maximum absolute atomic E-state index is 12.3. The van der Waals surface area contributed by atoms with Gasteiger partial charge < -0.3 is 9.67 Å². The van der Waals surface area contributed by atoms with Gasteiger partial charge in [0.25, 0.3) is 10.0 Å². The van der Waals surface area contributed by atoms with Crippen LogP contribution in [0.5, 0.6) is 0 Å². The van der Waals surface area contributed by atoms with Gasteiger partial charge in [-0.2, -0.15) is 0 Å². The van der Waals surface area contributed by atoms with Crippen molar-refractivity contribution in [2.24, 2.45) is 5.41 Å². The third-order valence-electron chi connectivity index (χ3n) is 3.45. The van der Waals surface area contributed by atoms with Gasteiger partial charge in [-0.15, -0.1) is 0 Å². The molecule has 0 aliphatic heterocycles. The molecule has 122 valence electrons. The molecule has 21 heavy (non-hydrogen) atoms. The number of aryl methyl sites for hydroxylation is 2. The molecule has 2 N–H and O–H groups in total. The highest BCUT2D eigenvalue weighted by Gasteiger charge is 2.24. The molecule has 0 atom stereocenters. The molecule has 7 heteroatoms. The molecule has 0 fully saturated rings. The number of aromatic nitrogens is 2.